The van der Waals surface area contributed by atoms with Crippen molar-refractivity contribution in [2.24, 2.45) is 0 Å². The van der Waals surface area contributed by atoms with Crippen LogP contribution in [0.2, 0.25) is 0 Å². The van der Waals surface area contributed by atoms with Gasteiger partial charge in [-0.1, -0.05) is 0 Å². The van der Waals surface area contributed by atoms with E-state index in [-0.39, 0.29) is 18.6 Å². The molecule has 1 saturated heterocycles. The van der Waals surface area contributed by atoms with Gasteiger partial charge in [-0.25, -0.2) is 0 Å². The van der Waals surface area contributed by atoms with Crippen LogP contribution in [0.5, 0.6) is 0 Å². The summed E-state index contributed by atoms with van der Waals surface area (Å²) in [5, 5.41) is 2.76. The van der Waals surface area contributed by atoms with Crippen molar-refractivity contribution < 1.29 is 9.18 Å². The molecule has 1 aliphatic rings. The van der Waals surface area contributed by atoms with E-state index >= 15 is 0 Å². The van der Waals surface area contributed by atoms with E-state index in [4.69, 9.17) is 0 Å². The molecule has 0 aromatic carbocycles. The first kappa shape index (κ1) is 9.45. The molecule has 1 rings (SSSR count). The highest BCUT2D eigenvalue weighted by Gasteiger charge is 2.24. The normalized spacial score (nSPS) is 25.5. The smallest absolute Gasteiger partial charge is 0.237 e. The van der Waals surface area contributed by atoms with Gasteiger partial charge in [-0.2, -0.15) is 0 Å². The number of rotatable bonds is 3. The molecule has 12 heavy (non-hydrogen) atoms. The van der Waals surface area contributed by atoms with Crippen molar-refractivity contribution in [2.75, 3.05) is 26.3 Å². The van der Waals surface area contributed by atoms with Gasteiger partial charge in [-0.15, -0.1) is 0 Å². The first-order valence-electron chi connectivity index (χ1n) is 4.33. The molecule has 1 fully saturated rings. The first-order valence-corrected chi connectivity index (χ1v) is 4.33. The Morgan fingerprint density at radius 2 is 2.50 bits per heavy atom. The van der Waals surface area contributed by atoms with E-state index in [9.17, 15) is 9.18 Å². The maximum atomic E-state index is 11.8. The Labute approximate surface area is 71.9 Å². The van der Waals surface area contributed by atoms with E-state index in [1.807, 2.05) is 11.8 Å². The molecule has 1 amide bonds. The lowest BCUT2D eigenvalue weighted by Gasteiger charge is -2.32. The SMILES string of the molecule is CC1C(=O)NCCN1CCCF. The van der Waals surface area contributed by atoms with Crippen molar-refractivity contribution in [3.05, 3.63) is 0 Å². The highest BCUT2D eigenvalue weighted by molar-refractivity contribution is 5.81. The molecule has 3 nitrogen and oxygen atoms in total. The summed E-state index contributed by atoms with van der Waals surface area (Å²) < 4.78 is 11.8. The predicted octanol–water partition coefficient (Wildman–Crippen LogP) is 0.166. The molecule has 70 valence electrons. The van der Waals surface area contributed by atoms with Crippen LogP contribution >= 0.6 is 0 Å². The minimum atomic E-state index is -0.301. The van der Waals surface area contributed by atoms with Gasteiger partial charge in [0.15, 0.2) is 0 Å². The second kappa shape index (κ2) is 4.40. The van der Waals surface area contributed by atoms with Crippen LogP contribution in [0.3, 0.4) is 0 Å². The predicted molar refractivity (Wildman–Crippen MR) is 44.6 cm³/mol. The number of nitrogens with zero attached hydrogens (tertiary/aromatic N) is 1. The van der Waals surface area contributed by atoms with Crippen molar-refractivity contribution >= 4 is 5.91 Å². The zero-order valence-electron chi connectivity index (χ0n) is 7.35. The van der Waals surface area contributed by atoms with Crippen molar-refractivity contribution in [3.8, 4) is 0 Å². The largest absolute Gasteiger partial charge is 0.353 e. The zero-order chi connectivity index (χ0) is 8.97. The minimum Gasteiger partial charge on any atom is -0.353 e. The van der Waals surface area contributed by atoms with Crippen LogP contribution in [0.15, 0.2) is 0 Å². The highest BCUT2D eigenvalue weighted by atomic mass is 19.1. The van der Waals surface area contributed by atoms with Crippen LogP contribution in [0.1, 0.15) is 13.3 Å². The molecular formula is C8H15FN2O. The van der Waals surface area contributed by atoms with Crippen molar-refractivity contribution in [3.63, 3.8) is 0 Å². The van der Waals surface area contributed by atoms with Crippen LogP contribution in [0.4, 0.5) is 4.39 Å². The lowest BCUT2D eigenvalue weighted by molar-refractivity contribution is -0.128. The Morgan fingerprint density at radius 3 is 3.17 bits per heavy atom. The Hall–Kier alpha value is -0.640. The summed E-state index contributed by atoms with van der Waals surface area (Å²) in [4.78, 5) is 13.1. The molecule has 1 heterocycles. The lowest BCUT2D eigenvalue weighted by atomic mass is 10.2. The fourth-order valence-corrected chi connectivity index (χ4v) is 1.40. The molecule has 0 aromatic rings. The molecule has 1 N–H and O–H groups in total. The number of halogens is 1. The zero-order valence-corrected chi connectivity index (χ0v) is 7.35. The molecule has 0 radical (unpaired) electrons. The van der Waals surface area contributed by atoms with E-state index in [1.54, 1.807) is 0 Å². The number of alkyl halides is 1. The Bertz CT molecular complexity index is 163. The molecule has 0 saturated carbocycles. The molecule has 0 spiro atoms. The Morgan fingerprint density at radius 1 is 1.75 bits per heavy atom. The van der Waals surface area contributed by atoms with Crippen molar-refractivity contribution in [1.29, 1.82) is 0 Å². The summed E-state index contributed by atoms with van der Waals surface area (Å²) in [7, 11) is 0. The summed E-state index contributed by atoms with van der Waals surface area (Å²) in [5.74, 6) is 0.0557. The fraction of sp³-hybridized carbons (Fsp3) is 0.875. The third-order valence-electron chi connectivity index (χ3n) is 2.20. The molecule has 0 aliphatic carbocycles. The number of piperazine rings is 1. The van der Waals surface area contributed by atoms with Crippen LogP contribution in [-0.4, -0.2) is 43.2 Å². The number of carbonyl (C=O) groups excluding carboxylic acids is 1. The summed E-state index contributed by atoms with van der Waals surface area (Å²) in [6, 6.07) is -0.0923. The van der Waals surface area contributed by atoms with E-state index in [0.717, 1.165) is 6.54 Å². The molecule has 4 heteroatoms. The van der Waals surface area contributed by atoms with Gasteiger partial charge in [0.25, 0.3) is 0 Å². The number of carbonyl (C=O) groups is 1. The van der Waals surface area contributed by atoms with Gasteiger partial charge in [0.05, 0.1) is 12.7 Å². The summed E-state index contributed by atoms with van der Waals surface area (Å²) in [6.07, 6.45) is 0.525. The topological polar surface area (TPSA) is 32.3 Å². The van der Waals surface area contributed by atoms with E-state index in [0.29, 0.717) is 19.5 Å². The number of nitrogens with one attached hydrogen (secondary N) is 1. The molecule has 0 aromatic heterocycles. The van der Waals surface area contributed by atoms with Gasteiger partial charge in [-0.05, 0) is 13.3 Å². The third-order valence-corrected chi connectivity index (χ3v) is 2.20. The number of hydrogen-bond donors (Lipinski definition) is 1. The maximum Gasteiger partial charge on any atom is 0.237 e. The Balaban J connectivity index is 2.35. The van der Waals surface area contributed by atoms with E-state index < -0.39 is 0 Å². The maximum absolute atomic E-state index is 11.8. The standard InChI is InChI=1S/C8H15FN2O/c1-7-8(12)10-4-6-11(7)5-2-3-9/h7H,2-6H2,1H3,(H,10,12). The summed E-state index contributed by atoms with van der Waals surface area (Å²) in [6.45, 7) is 3.77. The van der Waals surface area contributed by atoms with Crippen LogP contribution < -0.4 is 5.32 Å². The molecule has 1 atom stereocenters. The van der Waals surface area contributed by atoms with E-state index in [1.165, 1.54) is 0 Å². The van der Waals surface area contributed by atoms with Crippen LogP contribution in [0, 0.1) is 0 Å². The van der Waals surface area contributed by atoms with E-state index in [2.05, 4.69) is 5.32 Å². The second-order valence-corrected chi connectivity index (χ2v) is 3.05. The third kappa shape index (κ3) is 2.17. The number of amides is 1. The molecular weight excluding hydrogens is 159 g/mol. The monoisotopic (exact) mass is 174 g/mol. The van der Waals surface area contributed by atoms with Gasteiger partial charge < -0.3 is 5.32 Å². The van der Waals surface area contributed by atoms with Crippen LogP contribution in [-0.2, 0) is 4.79 Å². The average Bonchev–Trinajstić information content (AvgIpc) is 2.08. The fourth-order valence-electron chi connectivity index (χ4n) is 1.40. The van der Waals surface area contributed by atoms with Crippen molar-refractivity contribution in [1.82, 2.24) is 10.2 Å². The lowest BCUT2D eigenvalue weighted by Crippen LogP contribution is -2.53. The van der Waals surface area contributed by atoms with Gasteiger partial charge >= 0.3 is 0 Å². The highest BCUT2D eigenvalue weighted by Crippen LogP contribution is 2.04. The van der Waals surface area contributed by atoms with Gasteiger partial charge in [0, 0.05) is 19.6 Å². The minimum absolute atomic E-state index is 0.0557. The molecule has 0 bridgehead atoms. The van der Waals surface area contributed by atoms with Gasteiger partial charge in [0.1, 0.15) is 0 Å². The van der Waals surface area contributed by atoms with Gasteiger partial charge in [0.2, 0.25) is 5.91 Å². The molecule has 1 aliphatic heterocycles. The average molecular weight is 174 g/mol. The quantitative estimate of drug-likeness (QED) is 0.661. The Kier molecular flexibility index (Phi) is 3.47. The first-order chi connectivity index (χ1) is 5.75. The van der Waals surface area contributed by atoms with Gasteiger partial charge in [-0.3, -0.25) is 14.1 Å². The van der Waals surface area contributed by atoms with Crippen molar-refractivity contribution in [2.45, 2.75) is 19.4 Å². The number of hydrogen-bond acceptors (Lipinski definition) is 2. The summed E-state index contributed by atoms with van der Waals surface area (Å²) >= 11 is 0. The van der Waals surface area contributed by atoms with Crippen LogP contribution in [0.25, 0.3) is 0 Å². The second-order valence-electron chi connectivity index (χ2n) is 3.05. The summed E-state index contributed by atoms with van der Waals surface area (Å²) in [5.41, 5.74) is 0. The molecule has 1 unspecified atom stereocenters.